The average Bonchev–Trinajstić information content (AvgIpc) is 2.68. The molecule has 1 amide bonds. The van der Waals surface area contributed by atoms with Crippen LogP contribution in [0.3, 0.4) is 0 Å². The Morgan fingerprint density at radius 1 is 1.60 bits per heavy atom. The Bertz CT molecular complexity index is 288. The zero-order valence-corrected chi connectivity index (χ0v) is 8.31. The van der Waals surface area contributed by atoms with Gasteiger partial charge in [-0.15, -0.1) is 6.42 Å². The number of aliphatic carboxylic acids is 1. The van der Waals surface area contributed by atoms with Crippen molar-refractivity contribution >= 4 is 11.9 Å². The molecular formula is C10H13NO4. The van der Waals surface area contributed by atoms with Crippen molar-refractivity contribution in [1.29, 1.82) is 0 Å². The van der Waals surface area contributed by atoms with Gasteiger partial charge in [0.05, 0.1) is 19.1 Å². The van der Waals surface area contributed by atoms with Crippen molar-refractivity contribution in [3.63, 3.8) is 0 Å². The quantitative estimate of drug-likeness (QED) is 0.641. The number of rotatable bonds is 4. The maximum atomic E-state index is 11.8. The first-order valence-corrected chi connectivity index (χ1v) is 4.67. The summed E-state index contributed by atoms with van der Waals surface area (Å²) in [6.07, 6.45) is 5.71. The number of terminal acetylenes is 1. The van der Waals surface area contributed by atoms with Crippen LogP contribution in [0.1, 0.15) is 6.42 Å². The predicted molar refractivity (Wildman–Crippen MR) is 52.0 cm³/mol. The van der Waals surface area contributed by atoms with E-state index >= 15 is 0 Å². The fraction of sp³-hybridized carbons (Fsp3) is 0.600. The molecule has 15 heavy (non-hydrogen) atoms. The van der Waals surface area contributed by atoms with E-state index in [-0.39, 0.29) is 24.9 Å². The Morgan fingerprint density at radius 3 is 2.80 bits per heavy atom. The third-order valence-electron chi connectivity index (χ3n) is 2.20. The van der Waals surface area contributed by atoms with Crippen LogP contribution in [0, 0.1) is 18.3 Å². The molecule has 0 saturated carbocycles. The summed E-state index contributed by atoms with van der Waals surface area (Å²) in [5, 5.41) is 8.61. The lowest BCUT2D eigenvalue weighted by molar-refractivity contribution is -0.145. The fourth-order valence-electron chi connectivity index (χ4n) is 1.47. The Hall–Kier alpha value is -1.54. The topological polar surface area (TPSA) is 66.8 Å². The van der Waals surface area contributed by atoms with Gasteiger partial charge in [-0.05, 0) is 6.42 Å². The molecular weight excluding hydrogens is 198 g/mol. The molecule has 0 radical (unpaired) electrons. The monoisotopic (exact) mass is 211 g/mol. The van der Waals surface area contributed by atoms with Gasteiger partial charge >= 0.3 is 5.97 Å². The minimum absolute atomic E-state index is 0.0294. The SMILES string of the molecule is C#CCN(CC(=O)O)C(=O)C1CCOC1. The van der Waals surface area contributed by atoms with Gasteiger partial charge in [0.15, 0.2) is 0 Å². The molecule has 1 aliphatic rings. The largest absolute Gasteiger partial charge is 0.480 e. The van der Waals surface area contributed by atoms with Gasteiger partial charge in [-0.2, -0.15) is 0 Å². The summed E-state index contributed by atoms with van der Waals surface area (Å²) in [4.78, 5) is 23.4. The van der Waals surface area contributed by atoms with E-state index in [1.807, 2.05) is 0 Å². The first-order valence-electron chi connectivity index (χ1n) is 4.67. The van der Waals surface area contributed by atoms with E-state index in [9.17, 15) is 9.59 Å². The van der Waals surface area contributed by atoms with Crippen LogP contribution in [-0.4, -0.2) is 48.2 Å². The third-order valence-corrected chi connectivity index (χ3v) is 2.20. The summed E-state index contributed by atoms with van der Waals surface area (Å²) in [5.74, 6) is 0.754. The molecule has 0 aromatic rings. The Morgan fingerprint density at radius 2 is 2.33 bits per heavy atom. The van der Waals surface area contributed by atoms with Gasteiger partial charge in [0.1, 0.15) is 6.54 Å². The fourth-order valence-corrected chi connectivity index (χ4v) is 1.47. The molecule has 1 saturated heterocycles. The van der Waals surface area contributed by atoms with Gasteiger partial charge in [0.25, 0.3) is 0 Å². The number of carbonyl (C=O) groups excluding carboxylic acids is 1. The van der Waals surface area contributed by atoms with E-state index in [2.05, 4.69) is 5.92 Å². The molecule has 5 nitrogen and oxygen atoms in total. The summed E-state index contributed by atoms with van der Waals surface area (Å²) in [6, 6.07) is 0. The summed E-state index contributed by atoms with van der Waals surface area (Å²) < 4.78 is 5.06. The average molecular weight is 211 g/mol. The lowest BCUT2D eigenvalue weighted by Gasteiger charge is -2.20. The highest BCUT2D eigenvalue weighted by molar-refractivity contribution is 5.83. The van der Waals surface area contributed by atoms with Crippen LogP contribution in [0.4, 0.5) is 0 Å². The Kier molecular flexibility index (Phi) is 4.13. The van der Waals surface area contributed by atoms with Crippen LogP contribution in [0.15, 0.2) is 0 Å². The molecule has 0 aliphatic carbocycles. The molecule has 1 N–H and O–H groups in total. The minimum atomic E-state index is -1.06. The zero-order chi connectivity index (χ0) is 11.3. The summed E-state index contributed by atoms with van der Waals surface area (Å²) >= 11 is 0. The molecule has 0 bridgehead atoms. The molecule has 1 fully saturated rings. The smallest absolute Gasteiger partial charge is 0.323 e. The van der Waals surface area contributed by atoms with E-state index in [1.165, 1.54) is 4.90 Å². The number of carboxylic acids is 1. The highest BCUT2D eigenvalue weighted by Gasteiger charge is 2.28. The molecule has 0 aromatic heterocycles. The van der Waals surface area contributed by atoms with Crippen LogP contribution in [0.5, 0.6) is 0 Å². The highest BCUT2D eigenvalue weighted by Crippen LogP contribution is 2.15. The lowest BCUT2D eigenvalue weighted by Crippen LogP contribution is -2.40. The highest BCUT2D eigenvalue weighted by atomic mass is 16.5. The van der Waals surface area contributed by atoms with Crippen LogP contribution in [0.25, 0.3) is 0 Å². The van der Waals surface area contributed by atoms with Crippen molar-refractivity contribution in [2.75, 3.05) is 26.3 Å². The van der Waals surface area contributed by atoms with Crippen molar-refractivity contribution in [2.45, 2.75) is 6.42 Å². The number of ether oxygens (including phenoxy) is 1. The van der Waals surface area contributed by atoms with E-state index in [1.54, 1.807) is 0 Å². The maximum absolute atomic E-state index is 11.8. The molecule has 82 valence electrons. The van der Waals surface area contributed by atoms with Crippen molar-refractivity contribution in [3.05, 3.63) is 0 Å². The van der Waals surface area contributed by atoms with Gasteiger partial charge in [-0.25, -0.2) is 0 Å². The Balaban J connectivity index is 2.57. The molecule has 5 heteroatoms. The standard InChI is InChI=1S/C10H13NO4/c1-2-4-11(6-9(12)13)10(14)8-3-5-15-7-8/h1,8H,3-7H2,(H,12,13). The molecule has 1 atom stereocenters. The van der Waals surface area contributed by atoms with Crippen molar-refractivity contribution in [3.8, 4) is 12.3 Å². The van der Waals surface area contributed by atoms with Gasteiger partial charge in [0.2, 0.25) is 5.91 Å². The number of amides is 1. The maximum Gasteiger partial charge on any atom is 0.323 e. The molecule has 1 aliphatic heterocycles. The van der Waals surface area contributed by atoms with E-state index in [0.717, 1.165) is 0 Å². The molecule has 1 rings (SSSR count). The second-order valence-corrected chi connectivity index (χ2v) is 3.35. The van der Waals surface area contributed by atoms with Gasteiger partial charge < -0.3 is 14.7 Å². The summed E-state index contributed by atoms with van der Waals surface area (Å²) in [5.41, 5.74) is 0. The van der Waals surface area contributed by atoms with Crippen molar-refractivity contribution in [2.24, 2.45) is 5.92 Å². The number of carboxylic acid groups (broad SMARTS) is 1. The normalized spacial score (nSPS) is 19.5. The van der Waals surface area contributed by atoms with E-state index in [4.69, 9.17) is 16.3 Å². The second kappa shape index (κ2) is 5.37. The van der Waals surface area contributed by atoms with Gasteiger partial charge in [-0.3, -0.25) is 9.59 Å². The van der Waals surface area contributed by atoms with Crippen LogP contribution in [-0.2, 0) is 14.3 Å². The molecule has 0 aromatic carbocycles. The third kappa shape index (κ3) is 3.26. The minimum Gasteiger partial charge on any atom is -0.480 e. The number of hydrogen-bond acceptors (Lipinski definition) is 3. The van der Waals surface area contributed by atoms with Crippen LogP contribution >= 0.6 is 0 Å². The van der Waals surface area contributed by atoms with E-state index < -0.39 is 5.97 Å². The Labute approximate surface area is 88.0 Å². The number of hydrogen-bond donors (Lipinski definition) is 1. The summed E-state index contributed by atoms with van der Waals surface area (Å²) in [7, 11) is 0. The van der Waals surface area contributed by atoms with Gasteiger partial charge in [-0.1, -0.05) is 5.92 Å². The first-order chi connectivity index (χ1) is 7.15. The molecule has 1 heterocycles. The zero-order valence-electron chi connectivity index (χ0n) is 8.31. The van der Waals surface area contributed by atoms with Crippen molar-refractivity contribution < 1.29 is 19.4 Å². The first kappa shape index (κ1) is 11.5. The van der Waals surface area contributed by atoms with Gasteiger partial charge in [0, 0.05) is 6.61 Å². The molecule has 0 spiro atoms. The van der Waals surface area contributed by atoms with Crippen LogP contribution < -0.4 is 0 Å². The number of nitrogens with zero attached hydrogens (tertiary/aromatic N) is 1. The molecule has 1 unspecified atom stereocenters. The lowest BCUT2D eigenvalue weighted by atomic mass is 10.1. The van der Waals surface area contributed by atoms with E-state index in [0.29, 0.717) is 19.6 Å². The second-order valence-electron chi connectivity index (χ2n) is 3.35. The van der Waals surface area contributed by atoms with Crippen molar-refractivity contribution in [1.82, 2.24) is 4.90 Å². The number of carbonyl (C=O) groups is 2. The predicted octanol–water partition coefficient (Wildman–Crippen LogP) is -0.431. The van der Waals surface area contributed by atoms with Crippen LogP contribution in [0.2, 0.25) is 0 Å². The summed E-state index contributed by atoms with van der Waals surface area (Å²) in [6.45, 7) is 0.591.